The van der Waals surface area contributed by atoms with E-state index in [1.165, 1.54) is 0 Å². The Morgan fingerprint density at radius 2 is 1.77 bits per heavy atom. The lowest BCUT2D eigenvalue weighted by Gasteiger charge is -2.11. The van der Waals surface area contributed by atoms with Gasteiger partial charge in [-0.15, -0.1) is 0 Å². The number of nitriles is 1. The van der Waals surface area contributed by atoms with Crippen LogP contribution in [0.15, 0.2) is 42.5 Å². The molecule has 0 unspecified atom stereocenters. The topological polar surface area (TPSA) is 78.5 Å². The van der Waals surface area contributed by atoms with Crippen molar-refractivity contribution >= 4 is 11.0 Å². The monoisotopic (exact) mass is 290 g/mol. The summed E-state index contributed by atoms with van der Waals surface area (Å²) in [6, 6.07) is 15.7. The SMILES string of the molecule is CC(C)[C@H](N)c1nc2ccc(-c3ccc(C#N)cc3)cc2[nH]1. The van der Waals surface area contributed by atoms with Crippen LogP contribution in [0.1, 0.15) is 31.3 Å². The maximum atomic E-state index is 8.86. The van der Waals surface area contributed by atoms with Gasteiger partial charge in [0.25, 0.3) is 0 Å². The molecule has 0 fully saturated rings. The van der Waals surface area contributed by atoms with Crippen LogP contribution in [0.2, 0.25) is 0 Å². The lowest BCUT2D eigenvalue weighted by atomic mass is 10.0. The van der Waals surface area contributed by atoms with Crippen LogP contribution >= 0.6 is 0 Å². The molecule has 2 aromatic carbocycles. The fourth-order valence-electron chi connectivity index (χ4n) is 2.42. The smallest absolute Gasteiger partial charge is 0.124 e. The van der Waals surface area contributed by atoms with E-state index < -0.39 is 0 Å². The quantitative estimate of drug-likeness (QED) is 0.771. The van der Waals surface area contributed by atoms with Crippen LogP contribution in [-0.4, -0.2) is 9.97 Å². The number of H-pyrrole nitrogens is 1. The van der Waals surface area contributed by atoms with E-state index in [9.17, 15) is 0 Å². The molecule has 4 heteroatoms. The van der Waals surface area contributed by atoms with Gasteiger partial charge in [-0.1, -0.05) is 32.0 Å². The molecule has 0 aliphatic heterocycles. The van der Waals surface area contributed by atoms with Gasteiger partial charge in [0, 0.05) is 0 Å². The molecule has 0 aliphatic carbocycles. The Labute approximate surface area is 129 Å². The summed E-state index contributed by atoms with van der Waals surface area (Å²) in [4.78, 5) is 7.89. The molecule has 0 radical (unpaired) electrons. The highest BCUT2D eigenvalue weighted by Crippen LogP contribution is 2.25. The van der Waals surface area contributed by atoms with Gasteiger partial charge in [-0.2, -0.15) is 5.26 Å². The molecule has 110 valence electrons. The number of aromatic amines is 1. The first-order chi connectivity index (χ1) is 10.6. The zero-order valence-corrected chi connectivity index (χ0v) is 12.7. The minimum atomic E-state index is -0.0919. The second kappa shape index (κ2) is 5.63. The number of hydrogen-bond donors (Lipinski definition) is 2. The summed E-state index contributed by atoms with van der Waals surface area (Å²) in [7, 11) is 0. The van der Waals surface area contributed by atoms with Crippen LogP contribution in [0.3, 0.4) is 0 Å². The Kier molecular flexibility index (Phi) is 3.66. The molecule has 1 heterocycles. The summed E-state index contributed by atoms with van der Waals surface area (Å²) in [6.45, 7) is 4.17. The molecule has 3 aromatic rings. The molecule has 0 saturated heterocycles. The van der Waals surface area contributed by atoms with Gasteiger partial charge in [-0.3, -0.25) is 0 Å². The molecule has 1 aromatic heterocycles. The average molecular weight is 290 g/mol. The highest BCUT2D eigenvalue weighted by atomic mass is 15.0. The number of nitrogens with two attached hydrogens (primary N) is 1. The maximum absolute atomic E-state index is 8.86. The van der Waals surface area contributed by atoms with E-state index in [-0.39, 0.29) is 6.04 Å². The zero-order chi connectivity index (χ0) is 15.7. The van der Waals surface area contributed by atoms with Crippen molar-refractivity contribution in [3.05, 3.63) is 53.9 Å². The molecule has 3 N–H and O–H groups in total. The number of benzene rings is 2. The van der Waals surface area contributed by atoms with Gasteiger partial charge in [0.2, 0.25) is 0 Å². The molecule has 1 atom stereocenters. The number of aromatic nitrogens is 2. The van der Waals surface area contributed by atoms with Gasteiger partial charge in [0.1, 0.15) is 5.82 Å². The highest BCUT2D eigenvalue weighted by molar-refractivity contribution is 5.82. The number of nitrogens with zero attached hydrogens (tertiary/aromatic N) is 2. The van der Waals surface area contributed by atoms with Crippen molar-refractivity contribution in [1.82, 2.24) is 9.97 Å². The molecule has 0 aliphatic rings. The number of rotatable bonds is 3. The van der Waals surface area contributed by atoms with Crippen LogP contribution < -0.4 is 5.73 Å². The van der Waals surface area contributed by atoms with Gasteiger partial charge >= 0.3 is 0 Å². The second-order valence-electron chi connectivity index (χ2n) is 5.81. The van der Waals surface area contributed by atoms with Crippen LogP contribution in [0.25, 0.3) is 22.2 Å². The number of hydrogen-bond acceptors (Lipinski definition) is 3. The molecule has 0 spiro atoms. The van der Waals surface area contributed by atoms with Crippen LogP contribution in [-0.2, 0) is 0 Å². The van der Waals surface area contributed by atoms with Crippen molar-refractivity contribution in [1.29, 1.82) is 5.26 Å². The van der Waals surface area contributed by atoms with E-state index in [2.05, 4.69) is 36.0 Å². The minimum Gasteiger partial charge on any atom is -0.341 e. The maximum Gasteiger partial charge on any atom is 0.124 e. The minimum absolute atomic E-state index is 0.0919. The van der Waals surface area contributed by atoms with Crippen molar-refractivity contribution < 1.29 is 0 Å². The van der Waals surface area contributed by atoms with Gasteiger partial charge in [-0.05, 0) is 41.3 Å². The van der Waals surface area contributed by atoms with Crippen molar-refractivity contribution in [2.24, 2.45) is 11.7 Å². The Bertz CT molecular complexity index is 838. The number of nitrogens with one attached hydrogen (secondary N) is 1. The Balaban J connectivity index is 2.00. The standard InChI is InChI=1S/C18H18N4/c1-11(2)17(20)18-21-15-8-7-14(9-16(15)22-18)13-5-3-12(10-19)4-6-13/h3-9,11,17H,20H2,1-2H3,(H,21,22)/t17-/m0/s1. The first kappa shape index (κ1) is 14.3. The van der Waals surface area contributed by atoms with E-state index in [0.717, 1.165) is 28.0 Å². The Hall–Kier alpha value is -2.64. The Morgan fingerprint density at radius 3 is 2.41 bits per heavy atom. The van der Waals surface area contributed by atoms with E-state index in [4.69, 9.17) is 11.0 Å². The summed E-state index contributed by atoms with van der Waals surface area (Å²) < 4.78 is 0. The molecule has 0 saturated carbocycles. The molecular formula is C18H18N4. The van der Waals surface area contributed by atoms with Crippen molar-refractivity contribution in [2.45, 2.75) is 19.9 Å². The van der Waals surface area contributed by atoms with Gasteiger partial charge < -0.3 is 10.7 Å². The van der Waals surface area contributed by atoms with E-state index in [1.54, 1.807) is 0 Å². The van der Waals surface area contributed by atoms with Crippen molar-refractivity contribution in [3.63, 3.8) is 0 Å². The summed E-state index contributed by atoms with van der Waals surface area (Å²) in [5, 5.41) is 8.86. The molecular weight excluding hydrogens is 272 g/mol. The number of fused-ring (bicyclic) bond motifs is 1. The van der Waals surface area contributed by atoms with Crippen molar-refractivity contribution in [3.8, 4) is 17.2 Å². The van der Waals surface area contributed by atoms with Crippen molar-refractivity contribution in [2.75, 3.05) is 0 Å². The van der Waals surface area contributed by atoms with Gasteiger partial charge in [0.15, 0.2) is 0 Å². The second-order valence-corrected chi connectivity index (χ2v) is 5.81. The third-order valence-electron chi connectivity index (χ3n) is 3.88. The number of imidazole rings is 1. The zero-order valence-electron chi connectivity index (χ0n) is 12.7. The summed E-state index contributed by atoms with van der Waals surface area (Å²) >= 11 is 0. The van der Waals surface area contributed by atoms with E-state index in [1.807, 2.05) is 36.4 Å². The summed E-state index contributed by atoms with van der Waals surface area (Å²) in [5.74, 6) is 1.15. The largest absolute Gasteiger partial charge is 0.341 e. The Morgan fingerprint density at radius 1 is 1.09 bits per heavy atom. The molecule has 4 nitrogen and oxygen atoms in total. The van der Waals surface area contributed by atoms with Gasteiger partial charge in [0.05, 0.1) is 28.7 Å². The van der Waals surface area contributed by atoms with E-state index in [0.29, 0.717) is 11.5 Å². The highest BCUT2D eigenvalue weighted by Gasteiger charge is 2.15. The van der Waals surface area contributed by atoms with E-state index >= 15 is 0 Å². The predicted molar refractivity (Wildman–Crippen MR) is 88.0 cm³/mol. The first-order valence-electron chi connectivity index (χ1n) is 7.34. The molecule has 0 bridgehead atoms. The van der Waals surface area contributed by atoms with Crippen LogP contribution in [0.4, 0.5) is 0 Å². The fraction of sp³-hybridized carbons (Fsp3) is 0.222. The molecule has 3 rings (SSSR count). The average Bonchev–Trinajstić information content (AvgIpc) is 2.97. The molecule has 22 heavy (non-hydrogen) atoms. The molecule has 0 amide bonds. The summed E-state index contributed by atoms with van der Waals surface area (Å²) in [6.07, 6.45) is 0. The van der Waals surface area contributed by atoms with Crippen LogP contribution in [0.5, 0.6) is 0 Å². The third kappa shape index (κ3) is 2.59. The normalized spacial score (nSPS) is 12.5. The van der Waals surface area contributed by atoms with Crippen LogP contribution in [0, 0.1) is 17.2 Å². The lowest BCUT2D eigenvalue weighted by Crippen LogP contribution is -2.17. The van der Waals surface area contributed by atoms with Gasteiger partial charge in [-0.25, -0.2) is 4.98 Å². The third-order valence-corrected chi connectivity index (χ3v) is 3.88. The lowest BCUT2D eigenvalue weighted by molar-refractivity contribution is 0.495. The fourth-order valence-corrected chi connectivity index (χ4v) is 2.42. The first-order valence-corrected chi connectivity index (χ1v) is 7.34. The predicted octanol–water partition coefficient (Wildman–Crippen LogP) is 3.76. The summed E-state index contributed by atoms with van der Waals surface area (Å²) in [5.41, 5.74) is 10.9.